The van der Waals surface area contributed by atoms with E-state index in [0.717, 1.165) is 32.4 Å². The van der Waals surface area contributed by atoms with Gasteiger partial charge < -0.3 is 10.0 Å². The van der Waals surface area contributed by atoms with Crippen LogP contribution in [0.1, 0.15) is 33.1 Å². The zero-order valence-corrected chi connectivity index (χ0v) is 8.79. The monoisotopic (exact) mass is 183 g/mol. The second-order valence-electron chi connectivity index (χ2n) is 4.27. The molecule has 1 aliphatic rings. The van der Waals surface area contributed by atoms with Gasteiger partial charge in [-0.25, -0.2) is 0 Å². The largest absolute Gasteiger partial charge is 0.393 e. The molecule has 0 radical (unpaired) electrons. The average molecular weight is 183 g/mol. The lowest BCUT2D eigenvalue weighted by Crippen LogP contribution is -2.43. The van der Waals surface area contributed by atoms with E-state index in [1.165, 1.54) is 5.57 Å². The Labute approximate surface area is 81.2 Å². The highest BCUT2D eigenvalue weighted by Gasteiger charge is 2.22. The van der Waals surface area contributed by atoms with E-state index in [9.17, 15) is 5.11 Å². The number of hydrogen-bond donors (Lipinski definition) is 1. The molecule has 1 fully saturated rings. The van der Waals surface area contributed by atoms with E-state index in [4.69, 9.17) is 0 Å². The number of hydrogen-bond acceptors (Lipinski definition) is 2. The molecule has 1 heterocycles. The van der Waals surface area contributed by atoms with Gasteiger partial charge in [0.2, 0.25) is 0 Å². The van der Waals surface area contributed by atoms with Crippen LogP contribution in [-0.4, -0.2) is 35.2 Å². The minimum atomic E-state index is -0.0731. The van der Waals surface area contributed by atoms with E-state index >= 15 is 0 Å². The molecule has 13 heavy (non-hydrogen) atoms. The first-order valence-electron chi connectivity index (χ1n) is 5.16. The Morgan fingerprint density at radius 2 is 2.31 bits per heavy atom. The van der Waals surface area contributed by atoms with Crippen molar-refractivity contribution in [1.82, 2.24) is 4.90 Å². The Morgan fingerprint density at radius 3 is 2.85 bits per heavy atom. The molecule has 1 aliphatic heterocycles. The maximum Gasteiger partial charge on any atom is 0.0567 e. The molecule has 1 saturated heterocycles. The van der Waals surface area contributed by atoms with Crippen molar-refractivity contribution in [3.63, 3.8) is 0 Å². The minimum Gasteiger partial charge on any atom is -0.393 e. The predicted octanol–water partition coefficient (Wildman–Crippen LogP) is 1.80. The molecule has 2 nitrogen and oxygen atoms in total. The standard InChI is InChI=1S/C11H21NO/c1-9(2)4-6-12-7-5-11(13)8-10(12)3/h10-11,13H,1,4-8H2,2-3H3. The van der Waals surface area contributed by atoms with Crippen molar-refractivity contribution >= 4 is 0 Å². The second-order valence-corrected chi connectivity index (χ2v) is 4.27. The van der Waals surface area contributed by atoms with Crippen molar-refractivity contribution in [2.75, 3.05) is 13.1 Å². The molecule has 2 unspecified atom stereocenters. The first-order valence-corrected chi connectivity index (χ1v) is 5.16. The van der Waals surface area contributed by atoms with E-state index in [1.54, 1.807) is 0 Å². The van der Waals surface area contributed by atoms with Gasteiger partial charge in [0.1, 0.15) is 0 Å². The molecule has 0 aromatic carbocycles. The van der Waals surface area contributed by atoms with Gasteiger partial charge in [0.25, 0.3) is 0 Å². The van der Waals surface area contributed by atoms with Crippen LogP contribution >= 0.6 is 0 Å². The van der Waals surface area contributed by atoms with Crippen LogP contribution in [0.4, 0.5) is 0 Å². The molecule has 0 aliphatic carbocycles. The van der Waals surface area contributed by atoms with Gasteiger partial charge in [-0.05, 0) is 33.1 Å². The summed E-state index contributed by atoms with van der Waals surface area (Å²) in [5.41, 5.74) is 1.25. The number of rotatable bonds is 3. The van der Waals surface area contributed by atoms with Gasteiger partial charge >= 0.3 is 0 Å². The molecule has 2 atom stereocenters. The van der Waals surface area contributed by atoms with Gasteiger partial charge in [-0.15, -0.1) is 6.58 Å². The zero-order chi connectivity index (χ0) is 9.84. The Morgan fingerprint density at radius 1 is 1.62 bits per heavy atom. The van der Waals surface area contributed by atoms with Crippen LogP contribution in [0, 0.1) is 0 Å². The summed E-state index contributed by atoms with van der Waals surface area (Å²) in [5.74, 6) is 0. The highest BCUT2D eigenvalue weighted by Crippen LogP contribution is 2.17. The minimum absolute atomic E-state index is 0.0731. The highest BCUT2D eigenvalue weighted by atomic mass is 16.3. The van der Waals surface area contributed by atoms with Crippen molar-refractivity contribution in [3.05, 3.63) is 12.2 Å². The normalized spacial score (nSPS) is 30.4. The van der Waals surface area contributed by atoms with Crippen molar-refractivity contribution in [1.29, 1.82) is 0 Å². The molecule has 1 rings (SSSR count). The Kier molecular flexibility index (Phi) is 3.94. The summed E-state index contributed by atoms with van der Waals surface area (Å²) in [6.07, 6.45) is 2.87. The summed E-state index contributed by atoms with van der Waals surface area (Å²) < 4.78 is 0. The quantitative estimate of drug-likeness (QED) is 0.674. The molecule has 0 spiro atoms. The topological polar surface area (TPSA) is 23.5 Å². The smallest absolute Gasteiger partial charge is 0.0567 e. The van der Waals surface area contributed by atoms with Crippen LogP contribution in [0.25, 0.3) is 0 Å². The molecule has 0 amide bonds. The summed E-state index contributed by atoms with van der Waals surface area (Å²) in [5, 5.41) is 9.43. The van der Waals surface area contributed by atoms with Crippen LogP contribution in [0.5, 0.6) is 0 Å². The lowest BCUT2D eigenvalue weighted by Gasteiger charge is -2.35. The Balaban J connectivity index is 2.29. The van der Waals surface area contributed by atoms with E-state index in [1.807, 2.05) is 0 Å². The lowest BCUT2D eigenvalue weighted by atomic mass is 10.0. The molecule has 0 bridgehead atoms. The molecule has 1 N–H and O–H groups in total. The van der Waals surface area contributed by atoms with Gasteiger partial charge in [-0.1, -0.05) is 5.57 Å². The van der Waals surface area contributed by atoms with Crippen LogP contribution in [0.15, 0.2) is 12.2 Å². The number of likely N-dealkylation sites (tertiary alicyclic amines) is 1. The van der Waals surface area contributed by atoms with Gasteiger partial charge in [0.15, 0.2) is 0 Å². The van der Waals surface area contributed by atoms with Gasteiger partial charge in [-0.3, -0.25) is 0 Å². The van der Waals surface area contributed by atoms with Gasteiger partial charge in [-0.2, -0.15) is 0 Å². The summed E-state index contributed by atoms with van der Waals surface area (Å²) >= 11 is 0. The third-order valence-electron chi connectivity index (χ3n) is 2.81. The number of nitrogens with zero attached hydrogens (tertiary/aromatic N) is 1. The van der Waals surface area contributed by atoms with Crippen molar-refractivity contribution in [2.45, 2.75) is 45.3 Å². The first-order chi connectivity index (χ1) is 6.09. The summed E-state index contributed by atoms with van der Waals surface area (Å²) in [6, 6.07) is 0.531. The number of aliphatic hydroxyl groups is 1. The fourth-order valence-electron chi connectivity index (χ4n) is 1.86. The molecule has 0 aromatic rings. The fraction of sp³-hybridized carbons (Fsp3) is 0.818. The molecule has 2 heteroatoms. The van der Waals surface area contributed by atoms with Crippen molar-refractivity contribution in [2.24, 2.45) is 0 Å². The van der Waals surface area contributed by atoms with Gasteiger partial charge in [0, 0.05) is 19.1 Å². The van der Waals surface area contributed by atoms with Crippen LogP contribution in [0.3, 0.4) is 0 Å². The fourth-order valence-corrected chi connectivity index (χ4v) is 1.86. The maximum atomic E-state index is 9.43. The summed E-state index contributed by atoms with van der Waals surface area (Å²) in [6.45, 7) is 10.3. The average Bonchev–Trinajstić information content (AvgIpc) is 2.02. The second kappa shape index (κ2) is 4.77. The van der Waals surface area contributed by atoms with Crippen LogP contribution in [0.2, 0.25) is 0 Å². The van der Waals surface area contributed by atoms with E-state index in [-0.39, 0.29) is 6.10 Å². The molecule has 0 aromatic heterocycles. The van der Waals surface area contributed by atoms with E-state index < -0.39 is 0 Å². The van der Waals surface area contributed by atoms with Crippen molar-refractivity contribution < 1.29 is 5.11 Å². The van der Waals surface area contributed by atoms with Gasteiger partial charge in [0.05, 0.1) is 6.10 Å². The van der Waals surface area contributed by atoms with Crippen LogP contribution in [-0.2, 0) is 0 Å². The SMILES string of the molecule is C=C(C)CCN1CCC(O)CC1C. The molecule has 76 valence electrons. The lowest BCUT2D eigenvalue weighted by molar-refractivity contribution is 0.0491. The summed E-state index contributed by atoms with van der Waals surface area (Å²) in [4.78, 5) is 2.45. The van der Waals surface area contributed by atoms with E-state index in [0.29, 0.717) is 6.04 Å². The molecular weight excluding hydrogens is 162 g/mol. The van der Waals surface area contributed by atoms with E-state index in [2.05, 4.69) is 25.3 Å². The third kappa shape index (κ3) is 3.49. The number of aliphatic hydroxyl groups excluding tert-OH is 1. The Bertz CT molecular complexity index is 179. The van der Waals surface area contributed by atoms with Crippen molar-refractivity contribution in [3.8, 4) is 0 Å². The third-order valence-corrected chi connectivity index (χ3v) is 2.81. The highest BCUT2D eigenvalue weighted by molar-refractivity contribution is 4.90. The molecule has 0 saturated carbocycles. The Hall–Kier alpha value is -0.340. The molecular formula is C11H21NO. The maximum absolute atomic E-state index is 9.43. The number of piperidine rings is 1. The predicted molar refractivity (Wildman–Crippen MR) is 55.7 cm³/mol. The zero-order valence-electron chi connectivity index (χ0n) is 8.79. The first kappa shape index (κ1) is 10.7. The summed E-state index contributed by atoms with van der Waals surface area (Å²) in [7, 11) is 0. The van der Waals surface area contributed by atoms with Crippen LogP contribution < -0.4 is 0 Å².